The zero-order valence-corrected chi connectivity index (χ0v) is 10.7. The van der Waals surface area contributed by atoms with Crippen LogP contribution in [0.2, 0.25) is 5.02 Å². The second-order valence-electron chi connectivity index (χ2n) is 3.40. The minimum atomic E-state index is -3.51. The molecule has 0 saturated carbocycles. The number of phenols is 1. The zero-order chi connectivity index (χ0) is 13.2. The molecule has 0 aromatic heterocycles. The molecule has 0 radical (unpaired) electrons. The summed E-state index contributed by atoms with van der Waals surface area (Å²) >= 11 is 5.81. The predicted molar refractivity (Wildman–Crippen MR) is 65.9 cm³/mol. The molecule has 1 rings (SSSR count). The standard InChI is InChI=1S/C9H11ClN2O4S/c1-5(13)11-7-4-9(14)8(3-6(7)10)12-17(2,15)16/h3-4,12,14H,1-2H3,(H,11,13). The van der Waals surface area contributed by atoms with Crippen LogP contribution in [0, 0.1) is 0 Å². The van der Waals surface area contributed by atoms with E-state index >= 15 is 0 Å². The Balaban J connectivity index is 3.13. The van der Waals surface area contributed by atoms with Gasteiger partial charge in [-0.1, -0.05) is 11.6 Å². The lowest BCUT2D eigenvalue weighted by molar-refractivity contribution is -0.114. The Morgan fingerprint density at radius 2 is 1.94 bits per heavy atom. The van der Waals surface area contributed by atoms with E-state index in [1.807, 2.05) is 0 Å². The number of amides is 1. The van der Waals surface area contributed by atoms with Crippen LogP contribution in [0.3, 0.4) is 0 Å². The third-order valence-corrected chi connectivity index (χ3v) is 2.59. The van der Waals surface area contributed by atoms with Gasteiger partial charge in [0.2, 0.25) is 15.9 Å². The Labute approximate surface area is 104 Å². The van der Waals surface area contributed by atoms with Crippen LogP contribution in [0.25, 0.3) is 0 Å². The number of nitrogens with one attached hydrogen (secondary N) is 2. The van der Waals surface area contributed by atoms with Crippen molar-refractivity contribution in [1.29, 1.82) is 0 Å². The van der Waals surface area contributed by atoms with E-state index in [9.17, 15) is 18.3 Å². The maximum absolute atomic E-state index is 11.0. The summed E-state index contributed by atoms with van der Waals surface area (Å²) in [5.74, 6) is -0.682. The van der Waals surface area contributed by atoms with Crippen LogP contribution in [0.4, 0.5) is 11.4 Å². The van der Waals surface area contributed by atoms with E-state index < -0.39 is 10.0 Å². The normalized spacial score (nSPS) is 11.0. The van der Waals surface area contributed by atoms with Crippen molar-refractivity contribution in [3.63, 3.8) is 0 Å². The molecule has 0 aliphatic carbocycles. The molecule has 1 aromatic carbocycles. The summed E-state index contributed by atoms with van der Waals surface area (Å²) in [5.41, 5.74) is 0.155. The molecule has 0 atom stereocenters. The van der Waals surface area contributed by atoms with E-state index in [1.165, 1.54) is 13.0 Å². The number of sulfonamides is 1. The fourth-order valence-electron chi connectivity index (χ4n) is 1.13. The monoisotopic (exact) mass is 278 g/mol. The summed E-state index contributed by atoms with van der Waals surface area (Å²) in [7, 11) is -3.51. The maximum Gasteiger partial charge on any atom is 0.229 e. The number of phenolic OH excluding ortho intramolecular Hbond substituents is 1. The highest BCUT2D eigenvalue weighted by molar-refractivity contribution is 7.92. The number of aromatic hydroxyl groups is 1. The van der Waals surface area contributed by atoms with Gasteiger partial charge in [0.05, 0.1) is 22.7 Å². The Hall–Kier alpha value is -1.47. The Kier molecular flexibility index (Phi) is 3.84. The van der Waals surface area contributed by atoms with Gasteiger partial charge in [0.15, 0.2) is 0 Å². The van der Waals surface area contributed by atoms with Crippen LogP contribution < -0.4 is 10.0 Å². The highest BCUT2D eigenvalue weighted by atomic mass is 35.5. The van der Waals surface area contributed by atoms with Crippen LogP contribution in [0.5, 0.6) is 5.75 Å². The molecular weight excluding hydrogens is 268 g/mol. The summed E-state index contributed by atoms with van der Waals surface area (Å²) in [6.45, 7) is 1.29. The second kappa shape index (κ2) is 4.80. The van der Waals surface area contributed by atoms with E-state index in [0.29, 0.717) is 0 Å². The summed E-state index contributed by atoms with van der Waals surface area (Å²) in [5, 5.41) is 12.1. The smallest absolute Gasteiger partial charge is 0.229 e. The van der Waals surface area contributed by atoms with Gasteiger partial charge >= 0.3 is 0 Å². The third kappa shape index (κ3) is 4.12. The van der Waals surface area contributed by atoms with Crippen molar-refractivity contribution in [3.8, 4) is 5.75 Å². The topological polar surface area (TPSA) is 95.5 Å². The van der Waals surface area contributed by atoms with Gasteiger partial charge in [-0.05, 0) is 6.07 Å². The molecule has 0 aliphatic heterocycles. The molecular formula is C9H11ClN2O4S. The van der Waals surface area contributed by atoms with Crippen molar-refractivity contribution in [1.82, 2.24) is 0 Å². The number of benzene rings is 1. The number of halogens is 1. The van der Waals surface area contributed by atoms with Crippen molar-refractivity contribution in [3.05, 3.63) is 17.2 Å². The van der Waals surface area contributed by atoms with Crippen LogP contribution in [-0.4, -0.2) is 25.7 Å². The van der Waals surface area contributed by atoms with Gasteiger partial charge in [0, 0.05) is 13.0 Å². The van der Waals surface area contributed by atoms with Gasteiger partial charge in [-0.3, -0.25) is 9.52 Å². The summed E-state index contributed by atoms with van der Waals surface area (Å²) < 4.78 is 24.1. The van der Waals surface area contributed by atoms with Gasteiger partial charge < -0.3 is 10.4 Å². The molecule has 8 heteroatoms. The fourth-order valence-corrected chi connectivity index (χ4v) is 1.90. The maximum atomic E-state index is 11.0. The minimum Gasteiger partial charge on any atom is -0.506 e. The van der Waals surface area contributed by atoms with Crippen LogP contribution in [0.15, 0.2) is 12.1 Å². The van der Waals surface area contributed by atoms with E-state index in [-0.39, 0.29) is 28.1 Å². The minimum absolute atomic E-state index is 0.0494. The van der Waals surface area contributed by atoms with E-state index in [4.69, 9.17) is 11.6 Å². The first-order valence-corrected chi connectivity index (χ1v) is 6.74. The van der Waals surface area contributed by atoms with E-state index in [1.54, 1.807) is 0 Å². The average Bonchev–Trinajstić information content (AvgIpc) is 2.10. The third-order valence-electron chi connectivity index (χ3n) is 1.69. The molecule has 0 heterocycles. The van der Waals surface area contributed by atoms with Crippen molar-refractivity contribution in [2.45, 2.75) is 6.92 Å². The average molecular weight is 279 g/mol. The van der Waals surface area contributed by atoms with Gasteiger partial charge in [-0.25, -0.2) is 8.42 Å². The molecule has 1 amide bonds. The molecule has 0 aliphatic rings. The number of anilines is 2. The highest BCUT2D eigenvalue weighted by Gasteiger charge is 2.11. The van der Waals surface area contributed by atoms with Crippen molar-refractivity contribution in [2.24, 2.45) is 0 Å². The summed E-state index contributed by atoms with van der Waals surface area (Å²) in [6, 6.07) is 2.38. The second-order valence-corrected chi connectivity index (χ2v) is 5.56. The largest absolute Gasteiger partial charge is 0.506 e. The molecule has 0 unspecified atom stereocenters. The van der Waals surface area contributed by atoms with Gasteiger partial charge in [0.25, 0.3) is 0 Å². The Bertz CT molecular complexity index is 556. The first-order chi connectivity index (χ1) is 7.69. The van der Waals surface area contributed by atoms with E-state index in [0.717, 1.165) is 12.3 Å². The Morgan fingerprint density at radius 3 is 2.41 bits per heavy atom. The van der Waals surface area contributed by atoms with Gasteiger partial charge in [-0.15, -0.1) is 0 Å². The summed E-state index contributed by atoms with van der Waals surface area (Å²) in [4.78, 5) is 10.8. The SMILES string of the molecule is CC(=O)Nc1cc(O)c(NS(C)(=O)=O)cc1Cl. The van der Waals surface area contributed by atoms with Crippen molar-refractivity contribution in [2.75, 3.05) is 16.3 Å². The highest BCUT2D eigenvalue weighted by Crippen LogP contribution is 2.34. The molecule has 1 aromatic rings. The van der Waals surface area contributed by atoms with Crippen LogP contribution in [0.1, 0.15) is 6.92 Å². The zero-order valence-electron chi connectivity index (χ0n) is 9.11. The van der Waals surface area contributed by atoms with Gasteiger partial charge in [0.1, 0.15) is 5.75 Å². The lowest BCUT2D eigenvalue weighted by atomic mass is 10.2. The molecule has 3 N–H and O–H groups in total. The lowest BCUT2D eigenvalue weighted by Crippen LogP contribution is -2.10. The molecule has 0 saturated heterocycles. The number of hydrogen-bond acceptors (Lipinski definition) is 4. The van der Waals surface area contributed by atoms with Crippen LogP contribution in [-0.2, 0) is 14.8 Å². The lowest BCUT2D eigenvalue weighted by Gasteiger charge is -2.10. The Morgan fingerprint density at radius 1 is 1.35 bits per heavy atom. The van der Waals surface area contributed by atoms with Crippen LogP contribution >= 0.6 is 11.6 Å². The predicted octanol–water partition coefficient (Wildman–Crippen LogP) is 1.38. The number of carbonyl (C=O) groups excluding carboxylic acids is 1. The fraction of sp³-hybridized carbons (Fsp3) is 0.222. The molecule has 94 valence electrons. The first-order valence-electron chi connectivity index (χ1n) is 4.47. The number of carbonyl (C=O) groups is 1. The van der Waals surface area contributed by atoms with Gasteiger partial charge in [-0.2, -0.15) is 0 Å². The summed E-state index contributed by atoms with van der Waals surface area (Å²) in [6.07, 6.45) is 0.947. The number of hydrogen-bond donors (Lipinski definition) is 3. The van der Waals surface area contributed by atoms with Crippen molar-refractivity contribution < 1.29 is 18.3 Å². The molecule has 0 fully saturated rings. The van der Waals surface area contributed by atoms with E-state index in [2.05, 4.69) is 10.0 Å². The molecule has 0 bridgehead atoms. The van der Waals surface area contributed by atoms with Crippen molar-refractivity contribution >= 4 is 38.9 Å². The molecule has 6 nitrogen and oxygen atoms in total. The molecule has 17 heavy (non-hydrogen) atoms. The quantitative estimate of drug-likeness (QED) is 0.728. The number of rotatable bonds is 3. The first kappa shape index (κ1) is 13.6. The molecule has 0 spiro atoms.